The number of nitrogens with zero attached hydrogens (tertiary/aromatic N) is 5. The molecular formula is C22H23IN6OS. The van der Waals surface area contributed by atoms with Crippen molar-refractivity contribution < 1.29 is 4.74 Å². The van der Waals surface area contributed by atoms with Crippen molar-refractivity contribution in [2.24, 2.45) is 0 Å². The summed E-state index contributed by atoms with van der Waals surface area (Å²) in [6, 6.07) is 6.61. The largest absolute Gasteiger partial charge is 0.481 e. The molecule has 9 heteroatoms. The quantitative estimate of drug-likeness (QED) is 0.354. The van der Waals surface area contributed by atoms with Crippen LogP contribution in [0.15, 0.2) is 43.0 Å². The zero-order valence-corrected chi connectivity index (χ0v) is 20.4. The lowest BCUT2D eigenvalue weighted by Crippen LogP contribution is -2.30. The normalized spacial score (nSPS) is 14.9. The third kappa shape index (κ3) is 3.83. The van der Waals surface area contributed by atoms with Crippen LogP contribution in [-0.2, 0) is 0 Å². The van der Waals surface area contributed by atoms with Gasteiger partial charge in [-0.15, -0.1) is 0 Å². The Balaban J connectivity index is 1.59. The SMILES string of the molecule is COc1ccc(-c2cn(SI)c3ncc(-c4cnn(C5CCNCC5)c4C)cc23)cn1. The Kier molecular flexibility index (Phi) is 5.89. The highest BCUT2D eigenvalue weighted by Crippen LogP contribution is 2.37. The van der Waals surface area contributed by atoms with Crippen molar-refractivity contribution in [3.05, 3.63) is 48.7 Å². The Morgan fingerprint density at radius 1 is 1.10 bits per heavy atom. The van der Waals surface area contributed by atoms with Crippen molar-refractivity contribution in [2.75, 3.05) is 20.2 Å². The molecule has 0 unspecified atom stereocenters. The highest BCUT2D eigenvalue weighted by molar-refractivity contribution is 14.2. The Bertz CT molecular complexity index is 1210. The van der Waals surface area contributed by atoms with Crippen LogP contribution in [0.5, 0.6) is 5.88 Å². The highest BCUT2D eigenvalue weighted by atomic mass is 127. The summed E-state index contributed by atoms with van der Waals surface area (Å²) in [5, 5.41) is 9.27. The van der Waals surface area contributed by atoms with E-state index < -0.39 is 0 Å². The molecule has 4 aromatic heterocycles. The van der Waals surface area contributed by atoms with Gasteiger partial charge in [-0.3, -0.25) is 8.65 Å². The average molecular weight is 546 g/mol. The molecule has 0 bridgehead atoms. The standard InChI is InChI=1S/C22H23IN6OS/c1-14-19(12-27-29(14)17-5-7-24-8-6-17)16-9-18-20(13-28(31-23)22(18)26-11-16)15-3-4-21(30-2)25-10-15/h3-4,9-13,17,24H,5-8H2,1-2H3. The van der Waals surface area contributed by atoms with Crippen molar-refractivity contribution >= 4 is 41.4 Å². The van der Waals surface area contributed by atoms with Crippen LogP contribution in [0.2, 0.25) is 0 Å². The molecule has 1 aliphatic heterocycles. The minimum absolute atomic E-state index is 0.462. The van der Waals surface area contributed by atoms with E-state index in [0.717, 1.165) is 59.2 Å². The first-order valence-corrected chi connectivity index (χ1v) is 13.6. The topological polar surface area (TPSA) is 69.8 Å². The molecule has 0 aromatic carbocycles. The Morgan fingerprint density at radius 3 is 2.61 bits per heavy atom. The lowest BCUT2D eigenvalue weighted by molar-refractivity contribution is 0.338. The molecule has 5 rings (SSSR count). The zero-order chi connectivity index (χ0) is 21.4. The molecule has 1 fully saturated rings. The Labute approximate surface area is 197 Å². The van der Waals surface area contributed by atoms with Gasteiger partial charge in [0.2, 0.25) is 5.88 Å². The van der Waals surface area contributed by atoms with Crippen LogP contribution in [-0.4, -0.2) is 43.9 Å². The van der Waals surface area contributed by atoms with Crippen molar-refractivity contribution in [1.82, 2.24) is 29.0 Å². The van der Waals surface area contributed by atoms with E-state index in [9.17, 15) is 0 Å². The number of pyridine rings is 2. The van der Waals surface area contributed by atoms with Gasteiger partial charge in [0.05, 0.1) is 19.3 Å². The molecule has 0 radical (unpaired) electrons. The second-order valence-electron chi connectivity index (χ2n) is 7.69. The van der Waals surface area contributed by atoms with Crippen LogP contribution in [0.4, 0.5) is 0 Å². The molecule has 1 aliphatic rings. The number of aromatic nitrogens is 5. The summed E-state index contributed by atoms with van der Waals surface area (Å²) in [6.45, 7) is 4.26. The van der Waals surface area contributed by atoms with Crippen molar-refractivity contribution in [3.8, 4) is 28.1 Å². The van der Waals surface area contributed by atoms with Gasteiger partial charge in [-0.2, -0.15) is 5.10 Å². The molecule has 5 heterocycles. The predicted octanol–water partition coefficient (Wildman–Crippen LogP) is 5.05. The maximum atomic E-state index is 5.21. The fourth-order valence-corrected chi connectivity index (χ4v) is 5.55. The first kappa shape index (κ1) is 20.8. The second kappa shape index (κ2) is 8.79. The zero-order valence-electron chi connectivity index (χ0n) is 17.4. The van der Waals surface area contributed by atoms with Crippen molar-refractivity contribution in [3.63, 3.8) is 0 Å². The molecule has 1 saturated heterocycles. The number of hydrogen-bond donors (Lipinski definition) is 1. The molecule has 31 heavy (non-hydrogen) atoms. The number of fused-ring (bicyclic) bond motifs is 1. The summed E-state index contributed by atoms with van der Waals surface area (Å²) in [5.74, 6) is 0.607. The fourth-order valence-electron chi connectivity index (χ4n) is 4.30. The first-order chi connectivity index (χ1) is 15.2. The highest BCUT2D eigenvalue weighted by Gasteiger charge is 2.20. The van der Waals surface area contributed by atoms with Crippen LogP contribution < -0.4 is 10.1 Å². The van der Waals surface area contributed by atoms with Crippen LogP contribution in [0.3, 0.4) is 0 Å². The van der Waals surface area contributed by atoms with Gasteiger partial charge in [-0.1, -0.05) is 0 Å². The molecule has 0 spiro atoms. The van der Waals surface area contributed by atoms with Crippen LogP contribution >= 0.6 is 30.3 Å². The third-order valence-corrected chi connectivity index (χ3v) is 7.65. The number of rotatable bonds is 5. The van der Waals surface area contributed by atoms with E-state index in [-0.39, 0.29) is 0 Å². The fraction of sp³-hybridized carbons (Fsp3) is 0.318. The van der Waals surface area contributed by atoms with Gasteiger partial charge in [-0.25, -0.2) is 9.97 Å². The monoisotopic (exact) mass is 546 g/mol. The third-order valence-electron chi connectivity index (χ3n) is 5.95. The van der Waals surface area contributed by atoms with E-state index in [1.165, 1.54) is 5.69 Å². The van der Waals surface area contributed by atoms with E-state index in [1.54, 1.807) is 16.2 Å². The predicted molar refractivity (Wildman–Crippen MR) is 134 cm³/mol. The molecule has 7 nitrogen and oxygen atoms in total. The number of piperidine rings is 1. The molecule has 4 aromatic rings. The first-order valence-electron chi connectivity index (χ1n) is 10.3. The smallest absolute Gasteiger partial charge is 0.212 e. The van der Waals surface area contributed by atoms with Crippen molar-refractivity contribution in [1.29, 1.82) is 0 Å². The number of methoxy groups -OCH3 is 1. The summed E-state index contributed by atoms with van der Waals surface area (Å²) in [4.78, 5) is 9.20. The van der Waals surface area contributed by atoms with Gasteiger partial charge in [-0.05, 0) is 45.0 Å². The van der Waals surface area contributed by atoms with E-state index in [2.05, 4.69) is 59.3 Å². The van der Waals surface area contributed by atoms with Gasteiger partial charge in [0.1, 0.15) is 0 Å². The maximum absolute atomic E-state index is 5.21. The molecule has 0 saturated carbocycles. The summed E-state index contributed by atoms with van der Waals surface area (Å²) in [7, 11) is 3.23. The molecule has 0 aliphatic carbocycles. The number of ether oxygens (including phenoxy) is 1. The van der Waals surface area contributed by atoms with Crippen LogP contribution in [0, 0.1) is 6.92 Å². The van der Waals surface area contributed by atoms with Gasteiger partial charge in [0, 0.05) is 88.3 Å². The number of halogens is 1. The van der Waals surface area contributed by atoms with Gasteiger partial charge in [0.25, 0.3) is 0 Å². The molecule has 1 N–H and O–H groups in total. The molecule has 0 atom stereocenters. The Hall–Kier alpha value is -2.11. The van der Waals surface area contributed by atoms with Gasteiger partial charge in [0.15, 0.2) is 5.65 Å². The van der Waals surface area contributed by atoms with E-state index in [4.69, 9.17) is 14.8 Å². The van der Waals surface area contributed by atoms with E-state index >= 15 is 0 Å². The van der Waals surface area contributed by atoms with Gasteiger partial charge < -0.3 is 10.1 Å². The maximum Gasteiger partial charge on any atom is 0.212 e. The lowest BCUT2D eigenvalue weighted by atomic mass is 10.0. The molecular weight excluding hydrogens is 523 g/mol. The Morgan fingerprint density at radius 2 is 1.90 bits per heavy atom. The minimum Gasteiger partial charge on any atom is -0.481 e. The summed E-state index contributed by atoms with van der Waals surface area (Å²) >= 11 is 2.28. The molecule has 160 valence electrons. The summed E-state index contributed by atoms with van der Waals surface area (Å²) in [5.41, 5.74) is 6.51. The average Bonchev–Trinajstić information content (AvgIpc) is 3.39. The van der Waals surface area contributed by atoms with Crippen LogP contribution in [0.25, 0.3) is 33.3 Å². The summed E-state index contributed by atoms with van der Waals surface area (Å²) < 4.78 is 9.50. The number of hydrogen-bond acceptors (Lipinski definition) is 6. The van der Waals surface area contributed by atoms with E-state index in [0.29, 0.717) is 11.9 Å². The number of nitrogens with one attached hydrogen (secondary N) is 1. The van der Waals surface area contributed by atoms with Crippen LogP contribution in [0.1, 0.15) is 24.6 Å². The molecule has 0 amide bonds. The van der Waals surface area contributed by atoms with Gasteiger partial charge >= 0.3 is 0 Å². The minimum atomic E-state index is 0.462. The van der Waals surface area contributed by atoms with Crippen molar-refractivity contribution in [2.45, 2.75) is 25.8 Å². The summed E-state index contributed by atoms with van der Waals surface area (Å²) in [6.07, 6.45) is 10.1. The lowest BCUT2D eigenvalue weighted by Gasteiger charge is -2.24. The van der Waals surface area contributed by atoms with E-state index in [1.807, 2.05) is 30.7 Å². The second-order valence-corrected chi connectivity index (χ2v) is 9.40.